The number of piperazine rings is 1. The Hall–Kier alpha value is -4.16. The molecule has 1 saturated heterocycles. The Morgan fingerprint density at radius 3 is 2.40 bits per heavy atom. The van der Waals surface area contributed by atoms with Gasteiger partial charge in [-0.3, -0.25) is 19.4 Å². The molecule has 5 unspecified atom stereocenters. The predicted octanol–water partition coefficient (Wildman–Crippen LogP) is 2.57. The van der Waals surface area contributed by atoms with Gasteiger partial charge in [0.1, 0.15) is 11.7 Å². The van der Waals surface area contributed by atoms with Crippen LogP contribution in [0.5, 0.6) is 0 Å². The number of hydrogen-bond acceptors (Lipinski definition) is 8. The SMILES string of the molecule is CC(C)(C)NC(=O)C1CN(Cc2ccc(C(=O)O)nc2)CCN1CC(O)CC(Cc1ccccc1)C(=O)NC1c2ccccc2CC1O. The Bertz CT molecular complexity index is 1560. The highest BCUT2D eigenvalue weighted by Crippen LogP contribution is 2.32. The van der Waals surface area contributed by atoms with Gasteiger partial charge in [0.15, 0.2) is 0 Å². The molecular weight excluding hydrogens is 610 g/mol. The first-order valence-corrected chi connectivity index (χ1v) is 16.6. The van der Waals surface area contributed by atoms with E-state index in [0.717, 1.165) is 22.3 Å². The van der Waals surface area contributed by atoms with Gasteiger partial charge in [-0.25, -0.2) is 9.78 Å². The van der Waals surface area contributed by atoms with E-state index in [1.54, 1.807) is 12.3 Å². The van der Waals surface area contributed by atoms with Crippen LogP contribution in [0.3, 0.4) is 0 Å². The summed E-state index contributed by atoms with van der Waals surface area (Å²) in [7, 11) is 0. The fourth-order valence-corrected chi connectivity index (χ4v) is 6.72. The maximum atomic E-state index is 13.8. The second-order valence-electron chi connectivity index (χ2n) is 14.1. The summed E-state index contributed by atoms with van der Waals surface area (Å²) >= 11 is 0. The van der Waals surface area contributed by atoms with Gasteiger partial charge < -0.3 is 26.0 Å². The number of benzene rings is 2. The summed E-state index contributed by atoms with van der Waals surface area (Å²) < 4.78 is 0. The van der Waals surface area contributed by atoms with E-state index in [0.29, 0.717) is 39.0 Å². The molecule has 2 amide bonds. The Balaban J connectivity index is 1.28. The minimum atomic E-state index is -1.09. The molecule has 1 aliphatic heterocycles. The number of amides is 2. The van der Waals surface area contributed by atoms with Gasteiger partial charge in [-0.05, 0) is 61.9 Å². The van der Waals surface area contributed by atoms with Crippen LogP contribution >= 0.6 is 0 Å². The number of carbonyl (C=O) groups is 3. The van der Waals surface area contributed by atoms with Crippen molar-refractivity contribution in [1.29, 1.82) is 0 Å². The first kappa shape index (κ1) is 35.2. The monoisotopic (exact) mass is 657 g/mol. The Morgan fingerprint density at radius 2 is 1.71 bits per heavy atom. The number of carbonyl (C=O) groups excluding carboxylic acids is 2. The third-order valence-electron chi connectivity index (χ3n) is 9.03. The zero-order valence-electron chi connectivity index (χ0n) is 27.9. The van der Waals surface area contributed by atoms with Crippen LogP contribution < -0.4 is 10.6 Å². The molecule has 1 fully saturated rings. The van der Waals surface area contributed by atoms with Gasteiger partial charge in [-0.2, -0.15) is 0 Å². The highest BCUT2D eigenvalue weighted by atomic mass is 16.4. The normalized spacial score (nSPS) is 21.2. The average molecular weight is 658 g/mol. The number of aliphatic hydroxyl groups is 2. The van der Waals surface area contributed by atoms with Crippen LogP contribution in [-0.2, 0) is 29.0 Å². The molecule has 2 aliphatic rings. The summed E-state index contributed by atoms with van der Waals surface area (Å²) in [5, 5.41) is 37.6. The van der Waals surface area contributed by atoms with E-state index in [2.05, 4.69) is 20.5 Å². The van der Waals surface area contributed by atoms with E-state index in [1.165, 1.54) is 6.07 Å². The number of carboxylic acids is 1. The number of nitrogens with zero attached hydrogens (tertiary/aromatic N) is 3. The maximum Gasteiger partial charge on any atom is 0.354 e. The molecular formula is C37H47N5O6. The van der Waals surface area contributed by atoms with Crippen molar-refractivity contribution in [3.63, 3.8) is 0 Å². The molecule has 0 radical (unpaired) electrons. The quantitative estimate of drug-likeness (QED) is 0.198. The summed E-state index contributed by atoms with van der Waals surface area (Å²) in [4.78, 5) is 46.8. The van der Waals surface area contributed by atoms with Crippen molar-refractivity contribution in [3.05, 3.63) is 101 Å². The van der Waals surface area contributed by atoms with Crippen LogP contribution in [0.15, 0.2) is 72.9 Å². The Labute approximate surface area is 282 Å². The first-order valence-electron chi connectivity index (χ1n) is 16.6. The molecule has 2 heterocycles. The van der Waals surface area contributed by atoms with Crippen molar-refractivity contribution in [1.82, 2.24) is 25.4 Å². The number of hydrogen-bond donors (Lipinski definition) is 5. The van der Waals surface area contributed by atoms with Crippen LogP contribution in [0.4, 0.5) is 0 Å². The number of aliphatic hydroxyl groups excluding tert-OH is 2. The number of β-amino-alcohol motifs (C(OH)–C–C–N with tert-alkyl or cyclic N) is 1. The number of carboxylic acid groups (broad SMARTS) is 1. The molecule has 2 aromatic carbocycles. The second-order valence-corrected chi connectivity index (χ2v) is 14.1. The largest absolute Gasteiger partial charge is 0.477 e. The van der Waals surface area contributed by atoms with Crippen molar-refractivity contribution in [2.75, 3.05) is 26.2 Å². The lowest BCUT2D eigenvalue weighted by molar-refractivity contribution is -0.132. The van der Waals surface area contributed by atoms with E-state index >= 15 is 0 Å². The Morgan fingerprint density at radius 1 is 0.979 bits per heavy atom. The van der Waals surface area contributed by atoms with Gasteiger partial charge in [0.25, 0.3) is 0 Å². The Kier molecular flexibility index (Phi) is 11.3. The second kappa shape index (κ2) is 15.4. The minimum Gasteiger partial charge on any atom is -0.477 e. The standard InChI is InChI=1S/C37H47N5O6/c1-37(2,3)40-35(46)31-23-41(21-25-13-14-30(36(47)48)38-20-25)15-16-42(31)22-28(43)18-27(17-24-9-5-4-6-10-24)34(45)39-33-29-12-8-7-11-26(29)19-32(33)44/h4-14,20,27-28,31-33,43-44H,15-19,21-23H2,1-3H3,(H,39,45)(H,40,46)(H,47,48). The maximum absolute atomic E-state index is 13.8. The van der Waals surface area contributed by atoms with Crippen molar-refractivity contribution in [2.45, 2.75) is 76.4 Å². The summed E-state index contributed by atoms with van der Waals surface area (Å²) in [5.41, 5.74) is 3.26. The van der Waals surface area contributed by atoms with Gasteiger partial charge in [-0.1, -0.05) is 60.7 Å². The third kappa shape index (κ3) is 9.25. The lowest BCUT2D eigenvalue weighted by Gasteiger charge is -2.42. The van der Waals surface area contributed by atoms with Crippen molar-refractivity contribution in [3.8, 4) is 0 Å². The zero-order valence-corrected chi connectivity index (χ0v) is 27.9. The summed E-state index contributed by atoms with van der Waals surface area (Å²) in [6.45, 7) is 8.02. The third-order valence-corrected chi connectivity index (χ3v) is 9.03. The fraction of sp³-hybridized carbons (Fsp3) is 0.459. The van der Waals surface area contributed by atoms with E-state index in [9.17, 15) is 29.7 Å². The number of pyridine rings is 1. The number of fused-ring (bicyclic) bond motifs is 1. The molecule has 256 valence electrons. The molecule has 5 atom stereocenters. The minimum absolute atomic E-state index is 0.0246. The molecule has 0 spiro atoms. The molecule has 1 aromatic heterocycles. The van der Waals surface area contributed by atoms with Crippen LogP contribution in [0.1, 0.15) is 66.0 Å². The van der Waals surface area contributed by atoms with Gasteiger partial charge in [0.05, 0.1) is 18.2 Å². The fourth-order valence-electron chi connectivity index (χ4n) is 6.72. The van der Waals surface area contributed by atoms with Crippen LogP contribution in [-0.4, -0.2) is 97.9 Å². The number of rotatable bonds is 12. The summed E-state index contributed by atoms with van der Waals surface area (Å²) in [6, 6.07) is 19.6. The van der Waals surface area contributed by atoms with E-state index in [-0.39, 0.29) is 30.5 Å². The topological polar surface area (TPSA) is 155 Å². The molecule has 48 heavy (non-hydrogen) atoms. The molecule has 1 aliphatic carbocycles. The molecule has 5 N–H and O–H groups in total. The molecule has 11 nitrogen and oxygen atoms in total. The van der Waals surface area contributed by atoms with Gasteiger partial charge >= 0.3 is 5.97 Å². The van der Waals surface area contributed by atoms with Crippen LogP contribution in [0.2, 0.25) is 0 Å². The van der Waals surface area contributed by atoms with E-state index < -0.39 is 41.7 Å². The first-order chi connectivity index (χ1) is 22.9. The van der Waals surface area contributed by atoms with Gasteiger partial charge in [0, 0.05) is 56.8 Å². The average Bonchev–Trinajstić information content (AvgIpc) is 3.35. The number of aromatic carboxylic acids is 1. The molecule has 5 rings (SSSR count). The number of aromatic nitrogens is 1. The molecule has 11 heteroatoms. The highest BCUT2D eigenvalue weighted by Gasteiger charge is 2.37. The predicted molar refractivity (Wildman–Crippen MR) is 181 cm³/mol. The zero-order chi connectivity index (χ0) is 34.4. The van der Waals surface area contributed by atoms with Crippen molar-refractivity contribution >= 4 is 17.8 Å². The van der Waals surface area contributed by atoms with Gasteiger partial charge in [0.2, 0.25) is 11.8 Å². The van der Waals surface area contributed by atoms with E-state index in [1.807, 2.05) is 80.3 Å². The molecule has 0 saturated carbocycles. The summed E-state index contributed by atoms with van der Waals surface area (Å²) in [6.07, 6.45) is 1.00. The van der Waals surface area contributed by atoms with Crippen molar-refractivity contribution < 1.29 is 29.7 Å². The van der Waals surface area contributed by atoms with Crippen molar-refractivity contribution in [2.24, 2.45) is 5.92 Å². The molecule has 0 bridgehead atoms. The highest BCUT2D eigenvalue weighted by molar-refractivity contribution is 5.85. The lowest BCUT2D eigenvalue weighted by atomic mass is 9.91. The van der Waals surface area contributed by atoms with Crippen LogP contribution in [0, 0.1) is 5.92 Å². The van der Waals surface area contributed by atoms with E-state index in [4.69, 9.17) is 0 Å². The van der Waals surface area contributed by atoms with Gasteiger partial charge in [-0.15, -0.1) is 0 Å². The number of nitrogens with one attached hydrogen (secondary N) is 2. The lowest BCUT2D eigenvalue weighted by Crippen LogP contribution is -2.61. The summed E-state index contributed by atoms with van der Waals surface area (Å²) in [5.74, 6) is -2.02. The smallest absolute Gasteiger partial charge is 0.354 e. The molecule has 3 aromatic rings. The van der Waals surface area contributed by atoms with Crippen LogP contribution in [0.25, 0.3) is 0 Å².